The number of benzene rings is 1. The normalized spacial score (nSPS) is 11.5. The summed E-state index contributed by atoms with van der Waals surface area (Å²) in [5.74, 6) is -1.20. The van der Waals surface area contributed by atoms with Gasteiger partial charge in [-0.15, -0.1) is 5.10 Å². The third-order valence-electron chi connectivity index (χ3n) is 4.03. The number of H-pyrrole nitrogens is 1. The van der Waals surface area contributed by atoms with E-state index in [4.69, 9.17) is 4.74 Å². The highest BCUT2D eigenvalue weighted by Gasteiger charge is 2.19. The first kappa shape index (κ1) is 19.7. The molecule has 0 spiro atoms. The molecule has 0 unspecified atom stereocenters. The molecular weight excluding hydrogens is 387 g/mol. The van der Waals surface area contributed by atoms with E-state index in [2.05, 4.69) is 19.9 Å². The zero-order chi connectivity index (χ0) is 20.3. The Morgan fingerprint density at radius 1 is 1.36 bits per heavy atom. The first-order valence-electron chi connectivity index (χ1n) is 8.53. The van der Waals surface area contributed by atoms with Gasteiger partial charge in [0.25, 0.3) is 0 Å². The van der Waals surface area contributed by atoms with Crippen LogP contribution in [-0.4, -0.2) is 42.2 Å². The number of halogens is 1. The van der Waals surface area contributed by atoms with Crippen molar-refractivity contribution in [2.45, 2.75) is 19.8 Å². The van der Waals surface area contributed by atoms with E-state index in [0.29, 0.717) is 28.9 Å². The van der Waals surface area contributed by atoms with Crippen LogP contribution >= 0.6 is 0 Å². The summed E-state index contributed by atoms with van der Waals surface area (Å²) in [7, 11) is -2.20. The number of Topliss-reactive ketones (excluding diaryl/α,β-unsaturated/α-hetero) is 1. The number of hydrogen-bond donors (Lipinski definition) is 2. The molecule has 0 aliphatic rings. The lowest BCUT2D eigenvalue weighted by Crippen LogP contribution is -2.18. The lowest BCUT2D eigenvalue weighted by molar-refractivity contribution is 0.0989. The fraction of sp³-hybridized carbons (Fsp3) is 0.278. The lowest BCUT2D eigenvalue weighted by Gasteiger charge is -2.10. The number of hydrogen-bond acceptors (Lipinski definition) is 6. The average Bonchev–Trinajstić information content (AvgIpc) is 3.05. The van der Waals surface area contributed by atoms with Gasteiger partial charge in [0.2, 0.25) is 15.9 Å². The fourth-order valence-corrected chi connectivity index (χ4v) is 3.90. The second-order valence-electron chi connectivity index (χ2n) is 6.16. The van der Waals surface area contributed by atoms with Crippen molar-refractivity contribution in [3.8, 4) is 5.88 Å². The van der Waals surface area contributed by atoms with Crippen molar-refractivity contribution < 1.29 is 22.3 Å². The fourth-order valence-electron chi connectivity index (χ4n) is 2.77. The molecule has 1 aromatic carbocycles. The minimum atomic E-state index is -3.67. The Kier molecular flexibility index (Phi) is 5.59. The highest BCUT2D eigenvalue weighted by molar-refractivity contribution is 7.92. The number of anilines is 1. The van der Waals surface area contributed by atoms with E-state index < -0.39 is 21.6 Å². The number of ether oxygens (including phenoxy) is 1. The Bertz CT molecular complexity index is 1130. The predicted molar refractivity (Wildman–Crippen MR) is 103 cm³/mol. The van der Waals surface area contributed by atoms with E-state index in [1.54, 1.807) is 13.0 Å². The van der Waals surface area contributed by atoms with Crippen molar-refractivity contribution in [3.05, 3.63) is 47.4 Å². The van der Waals surface area contributed by atoms with Gasteiger partial charge in [0.15, 0.2) is 17.2 Å². The van der Waals surface area contributed by atoms with Gasteiger partial charge in [-0.2, -0.15) is 0 Å². The van der Waals surface area contributed by atoms with Crippen LogP contribution in [0.2, 0.25) is 0 Å². The summed E-state index contributed by atoms with van der Waals surface area (Å²) >= 11 is 0. The molecule has 2 heterocycles. The lowest BCUT2D eigenvalue weighted by atomic mass is 10.0. The Morgan fingerprint density at radius 3 is 2.86 bits per heavy atom. The number of rotatable bonds is 8. The van der Waals surface area contributed by atoms with Crippen molar-refractivity contribution >= 4 is 32.5 Å². The van der Waals surface area contributed by atoms with Crippen molar-refractivity contribution in [2.24, 2.45) is 0 Å². The molecule has 0 saturated heterocycles. The molecule has 0 aliphatic heterocycles. The van der Waals surface area contributed by atoms with Gasteiger partial charge in [0.05, 0.1) is 29.5 Å². The standard InChI is InChI=1S/C18H19FN4O4S/c1-3-7-28(25,26)23-14-6-4-5-12(16(14)19)15(24)9-11-8-13-17(20-10-11)21-22-18(13)27-2/h4-6,8,10,23H,3,7,9H2,1-2H3,(H,20,21,22). The van der Waals surface area contributed by atoms with Crippen LogP contribution in [0.15, 0.2) is 30.5 Å². The number of pyridine rings is 1. The number of nitrogens with zero attached hydrogens (tertiary/aromatic N) is 2. The number of methoxy groups -OCH3 is 1. The molecule has 2 aromatic heterocycles. The third kappa shape index (κ3) is 4.11. The Morgan fingerprint density at radius 2 is 2.14 bits per heavy atom. The largest absolute Gasteiger partial charge is 0.479 e. The predicted octanol–water partition coefficient (Wildman–Crippen LogP) is 2.68. The molecule has 0 amide bonds. The molecule has 0 fully saturated rings. The topological polar surface area (TPSA) is 114 Å². The number of carbonyl (C=O) groups is 1. The summed E-state index contributed by atoms with van der Waals surface area (Å²) < 4.78 is 45.8. The van der Waals surface area contributed by atoms with Crippen LogP contribution in [0.4, 0.5) is 10.1 Å². The molecular formula is C18H19FN4O4S. The summed E-state index contributed by atoms with van der Waals surface area (Å²) in [5, 5.41) is 7.26. The van der Waals surface area contributed by atoms with Crippen LogP contribution in [0.5, 0.6) is 5.88 Å². The van der Waals surface area contributed by atoms with Crippen molar-refractivity contribution in [3.63, 3.8) is 0 Å². The number of nitrogens with one attached hydrogen (secondary N) is 2. The van der Waals surface area contributed by atoms with Gasteiger partial charge in [-0.05, 0) is 30.2 Å². The van der Waals surface area contributed by atoms with Crippen molar-refractivity contribution in [1.29, 1.82) is 0 Å². The molecule has 8 nitrogen and oxygen atoms in total. The maximum atomic E-state index is 14.7. The molecule has 0 aliphatic carbocycles. The van der Waals surface area contributed by atoms with Gasteiger partial charge in [0, 0.05) is 12.6 Å². The summed E-state index contributed by atoms with van der Waals surface area (Å²) in [6.07, 6.45) is 1.77. The average molecular weight is 406 g/mol. The SMILES string of the molecule is CCCS(=O)(=O)Nc1cccc(C(=O)Cc2cnc3[nH]nc(OC)c3c2)c1F. The summed E-state index contributed by atoms with van der Waals surface area (Å²) in [4.78, 5) is 16.8. The van der Waals surface area contributed by atoms with Crippen molar-refractivity contribution in [1.82, 2.24) is 15.2 Å². The molecule has 148 valence electrons. The highest BCUT2D eigenvalue weighted by atomic mass is 32.2. The summed E-state index contributed by atoms with van der Waals surface area (Å²) in [6.45, 7) is 1.70. The molecule has 28 heavy (non-hydrogen) atoms. The first-order valence-corrected chi connectivity index (χ1v) is 10.2. The molecule has 0 saturated carbocycles. The summed E-state index contributed by atoms with van der Waals surface area (Å²) in [5.41, 5.74) is 0.612. The Balaban J connectivity index is 1.86. The van der Waals surface area contributed by atoms with Gasteiger partial charge in [-0.3, -0.25) is 14.6 Å². The van der Waals surface area contributed by atoms with E-state index >= 15 is 0 Å². The third-order valence-corrected chi connectivity index (χ3v) is 5.51. The first-order chi connectivity index (χ1) is 13.3. The number of carbonyl (C=O) groups excluding carboxylic acids is 1. The van der Waals surface area contributed by atoms with E-state index in [1.165, 1.54) is 31.5 Å². The van der Waals surface area contributed by atoms with E-state index in [-0.39, 0.29) is 23.4 Å². The maximum absolute atomic E-state index is 14.7. The van der Waals surface area contributed by atoms with Crippen LogP contribution in [-0.2, 0) is 16.4 Å². The van der Waals surface area contributed by atoms with Crippen LogP contribution < -0.4 is 9.46 Å². The zero-order valence-electron chi connectivity index (χ0n) is 15.3. The molecule has 10 heteroatoms. The van der Waals surface area contributed by atoms with Gasteiger partial charge in [-0.1, -0.05) is 13.0 Å². The number of fused-ring (bicyclic) bond motifs is 1. The molecule has 3 rings (SSSR count). The second kappa shape index (κ2) is 7.93. The van der Waals surface area contributed by atoms with Crippen LogP contribution in [0.25, 0.3) is 11.0 Å². The monoisotopic (exact) mass is 406 g/mol. The Hall–Kier alpha value is -3.01. The molecule has 3 aromatic rings. The van der Waals surface area contributed by atoms with Gasteiger partial charge in [-0.25, -0.2) is 17.8 Å². The number of aromatic amines is 1. The Labute approximate surface area is 161 Å². The van der Waals surface area contributed by atoms with Gasteiger partial charge < -0.3 is 4.74 Å². The molecule has 0 atom stereocenters. The zero-order valence-corrected chi connectivity index (χ0v) is 16.1. The highest BCUT2D eigenvalue weighted by Crippen LogP contribution is 2.24. The molecule has 2 N–H and O–H groups in total. The van der Waals surface area contributed by atoms with Crippen LogP contribution in [0.3, 0.4) is 0 Å². The molecule has 0 radical (unpaired) electrons. The minimum Gasteiger partial charge on any atom is -0.479 e. The van der Waals surface area contributed by atoms with Crippen LogP contribution in [0.1, 0.15) is 29.3 Å². The van der Waals surface area contributed by atoms with Gasteiger partial charge >= 0.3 is 0 Å². The van der Waals surface area contributed by atoms with E-state index in [0.717, 1.165) is 0 Å². The van der Waals surface area contributed by atoms with Crippen LogP contribution in [0, 0.1) is 5.82 Å². The quantitative estimate of drug-likeness (QED) is 0.556. The second-order valence-corrected chi connectivity index (χ2v) is 8.00. The summed E-state index contributed by atoms with van der Waals surface area (Å²) in [6, 6.07) is 5.72. The maximum Gasteiger partial charge on any atom is 0.241 e. The van der Waals surface area contributed by atoms with E-state index in [9.17, 15) is 17.6 Å². The number of ketones is 1. The van der Waals surface area contributed by atoms with Gasteiger partial charge in [0.1, 0.15) is 0 Å². The number of aromatic nitrogens is 3. The number of sulfonamides is 1. The molecule has 0 bridgehead atoms. The minimum absolute atomic E-state index is 0.112. The van der Waals surface area contributed by atoms with E-state index in [1.807, 2.05) is 0 Å². The van der Waals surface area contributed by atoms with Crippen molar-refractivity contribution in [2.75, 3.05) is 17.6 Å². The smallest absolute Gasteiger partial charge is 0.241 e.